The van der Waals surface area contributed by atoms with E-state index in [4.69, 9.17) is 24.1 Å². The minimum Gasteiger partial charge on any atom is -0.478 e. The van der Waals surface area contributed by atoms with Gasteiger partial charge < -0.3 is 34.7 Å². The Bertz CT molecular complexity index is 1100. The Balaban J connectivity index is 2.01. The van der Waals surface area contributed by atoms with Crippen LogP contribution in [0.3, 0.4) is 0 Å². The highest BCUT2D eigenvalue weighted by atomic mass is 16.6. The smallest absolute Gasteiger partial charge is 0.411 e. The molecule has 0 radical (unpaired) electrons. The summed E-state index contributed by atoms with van der Waals surface area (Å²) in [4.78, 5) is 48.5. The first kappa shape index (κ1) is 31.1. The van der Waals surface area contributed by atoms with Gasteiger partial charge in [0.05, 0.1) is 25.4 Å². The molecule has 0 fully saturated rings. The summed E-state index contributed by atoms with van der Waals surface area (Å²) in [7, 11) is 1.56. The number of hydrogen-bond acceptors (Lipinski definition) is 8. The van der Waals surface area contributed by atoms with Gasteiger partial charge in [0.1, 0.15) is 18.2 Å². The molecule has 0 saturated carbocycles. The maximum absolute atomic E-state index is 13.0. The van der Waals surface area contributed by atoms with Gasteiger partial charge in [0, 0.05) is 24.9 Å². The number of benzene rings is 2. The average Bonchev–Trinajstić information content (AvgIpc) is 2.86. The molecule has 0 aromatic heterocycles. The van der Waals surface area contributed by atoms with Crippen molar-refractivity contribution in [2.45, 2.75) is 38.8 Å². The van der Waals surface area contributed by atoms with Crippen LogP contribution >= 0.6 is 0 Å². The van der Waals surface area contributed by atoms with Crippen molar-refractivity contribution in [2.24, 2.45) is 0 Å². The first-order chi connectivity index (χ1) is 18.5. The molecule has 0 spiro atoms. The third-order valence-corrected chi connectivity index (χ3v) is 4.94. The summed E-state index contributed by atoms with van der Waals surface area (Å²) in [6, 6.07) is 11.3. The minimum absolute atomic E-state index is 0.0735. The highest BCUT2D eigenvalue weighted by molar-refractivity contribution is 5.97. The van der Waals surface area contributed by atoms with Gasteiger partial charge in [-0.05, 0) is 62.7 Å². The first-order valence-electron chi connectivity index (χ1n) is 12.2. The van der Waals surface area contributed by atoms with Gasteiger partial charge in [0.15, 0.2) is 0 Å². The summed E-state index contributed by atoms with van der Waals surface area (Å²) in [6.45, 7) is 6.30. The molecule has 2 aromatic carbocycles. The van der Waals surface area contributed by atoms with Crippen LogP contribution in [0, 0.1) is 0 Å². The lowest BCUT2D eigenvalue weighted by Crippen LogP contribution is -2.47. The predicted octanol–water partition coefficient (Wildman–Crippen LogP) is 3.67. The lowest BCUT2D eigenvalue weighted by atomic mass is 10.0. The van der Waals surface area contributed by atoms with Crippen molar-refractivity contribution < 1.29 is 43.2 Å². The molecule has 39 heavy (non-hydrogen) atoms. The molecule has 2 aromatic rings. The van der Waals surface area contributed by atoms with E-state index < -0.39 is 35.7 Å². The van der Waals surface area contributed by atoms with E-state index in [1.807, 2.05) is 0 Å². The molecule has 0 heterocycles. The Morgan fingerprint density at radius 2 is 1.41 bits per heavy atom. The van der Waals surface area contributed by atoms with Crippen LogP contribution in [0.25, 0.3) is 0 Å². The lowest BCUT2D eigenvalue weighted by molar-refractivity contribution is -0.118. The van der Waals surface area contributed by atoms with Gasteiger partial charge in [-0.3, -0.25) is 10.1 Å². The van der Waals surface area contributed by atoms with E-state index in [-0.39, 0.29) is 25.2 Å². The zero-order chi connectivity index (χ0) is 28.8. The van der Waals surface area contributed by atoms with Crippen molar-refractivity contribution in [3.63, 3.8) is 0 Å². The van der Waals surface area contributed by atoms with Crippen molar-refractivity contribution in [3.8, 4) is 0 Å². The van der Waals surface area contributed by atoms with E-state index in [0.29, 0.717) is 30.2 Å². The van der Waals surface area contributed by atoms with Gasteiger partial charge in [-0.1, -0.05) is 12.1 Å². The number of nitrogens with one attached hydrogen (secondary N) is 3. The third kappa shape index (κ3) is 12.3. The lowest BCUT2D eigenvalue weighted by Gasteiger charge is -2.23. The summed E-state index contributed by atoms with van der Waals surface area (Å²) >= 11 is 0. The number of alkyl carbamates (subject to hydrolysis) is 1. The molecule has 12 heteroatoms. The summed E-state index contributed by atoms with van der Waals surface area (Å²) in [6.07, 6.45) is -1.30. The summed E-state index contributed by atoms with van der Waals surface area (Å²) in [5, 5.41) is 16.9. The van der Waals surface area contributed by atoms with Gasteiger partial charge in [-0.2, -0.15) is 0 Å². The molecule has 0 unspecified atom stereocenters. The molecule has 0 aliphatic heterocycles. The number of carbonyl (C=O) groups is 4. The third-order valence-electron chi connectivity index (χ3n) is 4.94. The fourth-order valence-electron chi connectivity index (χ4n) is 3.14. The molecule has 212 valence electrons. The molecule has 0 aliphatic carbocycles. The minimum atomic E-state index is -1.09. The van der Waals surface area contributed by atoms with Gasteiger partial charge in [-0.15, -0.1) is 0 Å². The second-order valence-corrected chi connectivity index (χ2v) is 9.34. The number of carbonyl (C=O) groups excluding carboxylic acids is 3. The van der Waals surface area contributed by atoms with Crippen LogP contribution in [-0.2, 0) is 30.2 Å². The Hall–Kier alpha value is -4.16. The normalized spacial score (nSPS) is 11.7. The number of carboxylic acid groups (broad SMARTS) is 1. The van der Waals surface area contributed by atoms with Gasteiger partial charge >= 0.3 is 18.2 Å². The fourth-order valence-corrected chi connectivity index (χ4v) is 3.14. The van der Waals surface area contributed by atoms with Crippen LogP contribution in [0.2, 0.25) is 0 Å². The molecule has 0 aliphatic rings. The number of methoxy groups -OCH3 is 1. The number of amides is 3. The number of rotatable bonds is 13. The van der Waals surface area contributed by atoms with Crippen LogP contribution in [0.15, 0.2) is 48.5 Å². The largest absolute Gasteiger partial charge is 0.478 e. The SMILES string of the molecule is COCCOCCOC(=O)Nc1ccc(C[C@H](NC(=O)OC(C)(C)C)C(=O)Nc2ccc(C(=O)O)cc2)cc1. The predicted molar refractivity (Wildman–Crippen MR) is 143 cm³/mol. The quantitative estimate of drug-likeness (QED) is 0.275. The number of hydrogen-bond donors (Lipinski definition) is 4. The van der Waals surface area contributed by atoms with Crippen LogP contribution in [0.4, 0.5) is 21.0 Å². The van der Waals surface area contributed by atoms with Crippen molar-refractivity contribution in [1.29, 1.82) is 0 Å². The van der Waals surface area contributed by atoms with Crippen molar-refractivity contribution in [3.05, 3.63) is 59.7 Å². The fraction of sp³-hybridized carbons (Fsp3) is 0.407. The summed E-state index contributed by atoms with van der Waals surface area (Å²) in [5.41, 5.74) is 0.838. The molecular formula is C27H35N3O9. The second kappa shape index (κ2) is 15.3. The molecule has 1 atom stereocenters. The summed E-state index contributed by atoms with van der Waals surface area (Å²) < 4.78 is 20.4. The zero-order valence-corrected chi connectivity index (χ0v) is 22.4. The van der Waals surface area contributed by atoms with Gasteiger partial charge in [0.2, 0.25) is 5.91 Å². The first-order valence-corrected chi connectivity index (χ1v) is 12.2. The van der Waals surface area contributed by atoms with E-state index in [1.54, 1.807) is 52.1 Å². The van der Waals surface area contributed by atoms with Crippen molar-refractivity contribution in [2.75, 3.05) is 44.2 Å². The Morgan fingerprint density at radius 3 is 2.00 bits per heavy atom. The molecule has 0 bridgehead atoms. The highest BCUT2D eigenvalue weighted by Crippen LogP contribution is 2.15. The van der Waals surface area contributed by atoms with Crippen molar-refractivity contribution >= 4 is 35.4 Å². The molecule has 12 nitrogen and oxygen atoms in total. The van der Waals surface area contributed by atoms with Crippen LogP contribution in [0.5, 0.6) is 0 Å². The Labute approximate surface area is 227 Å². The van der Waals surface area contributed by atoms with E-state index in [9.17, 15) is 19.2 Å². The molecule has 4 N–H and O–H groups in total. The standard InChI is InChI=1S/C27H35N3O9/c1-27(2,3)39-26(35)30-22(23(31)28-20-11-7-19(8-12-20)24(32)33)17-18-5-9-21(10-6-18)29-25(34)38-16-15-37-14-13-36-4/h5-12,22H,13-17H2,1-4H3,(H,28,31)(H,29,34)(H,30,35)(H,32,33)/t22-/m0/s1. The summed E-state index contributed by atoms with van der Waals surface area (Å²) in [5.74, 6) is -1.61. The van der Waals surface area contributed by atoms with E-state index in [1.165, 1.54) is 24.3 Å². The number of aromatic carboxylic acids is 1. The Kier molecular flexibility index (Phi) is 12.2. The Morgan fingerprint density at radius 1 is 0.821 bits per heavy atom. The number of anilines is 2. The maximum Gasteiger partial charge on any atom is 0.411 e. The molecule has 3 amide bonds. The number of ether oxygens (including phenoxy) is 4. The van der Waals surface area contributed by atoms with Crippen LogP contribution in [-0.4, -0.2) is 74.3 Å². The molecule has 2 rings (SSSR count). The average molecular weight is 546 g/mol. The van der Waals surface area contributed by atoms with E-state index in [2.05, 4.69) is 16.0 Å². The highest BCUT2D eigenvalue weighted by Gasteiger charge is 2.25. The monoisotopic (exact) mass is 545 g/mol. The van der Waals surface area contributed by atoms with Gasteiger partial charge in [0.25, 0.3) is 0 Å². The van der Waals surface area contributed by atoms with Crippen LogP contribution < -0.4 is 16.0 Å². The number of carboxylic acids is 1. The van der Waals surface area contributed by atoms with E-state index in [0.717, 1.165) is 0 Å². The second-order valence-electron chi connectivity index (χ2n) is 9.34. The van der Waals surface area contributed by atoms with Crippen molar-refractivity contribution in [1.82, 2.24) is 5.32 Å². The molecule has 0 saturated heterocycles. The zero-order valence-electron chi connectivity index (χ0n) is 22.4. The van der Waals surface area contributed by atoms with Gasteiger partial charge in [-0.25, -0.2) is 14.4 Å². The topological polar surface area (TPSA) is 162 Å². The molecular weight excluding hydrogens is 510 g/mol. The van der Waals surface area contributed by atoms with E-state index >= 15 is 0 Å². The maximum atomic E-state index is 13.0. The van der Waals surface area contributed by atoms with Crippen LogP contribution in [0.1, 0.15) is 36.7 Å².